The van der Waals surface area contributed by atoms with E-state index < -0.39 is 46.8 Å². The maximum atomic E-state index is 15.5. The fraction of sp³-hybridized carbons (Fsp3) is 0.348. The Bertz CT molecular complexity index is 2350. The highest BCUT2D eigenvalue weighted by molar-refractivity contribution is 6.36. The maximum Gasteiger partial charge on any atom is 0.260 e. The SMILES string of the molecule is COc1ccc(C23C(=O)N(Nc4ccc(Cl)cc4Cl)C(=O)C2CC2C(=CCC4C(=O)N(C5CCN(Cc6ccccc6)CC5)C(=O)C42)C3c2ccc(O)c(C)c2)cc1. The molecule has 2 aliphatic carbocycles. The van der Waals surface area contributed by atoms with Crippen LogP contribution in [0.1, 0.15) is 53.9 Å². The van der Waals surface area contributed by atoms with Crippen LogP contribution in [0, 0.1) is 30.6 Å². The molecule has 6 unspecified atom stereocenters. The zero-order valence-electron chi connectivity index (χ0n) is 32.2. The Labute approximate surface area is 347 Å². The third-order valence-electron chi connectivity index (χ3n) is 13.3. The Hall–Kier alpha value is -5.16. The summed E-state index contributed by atoms with van der Waals surface area (Å²) >= 11 is 12.8. The van der Waals surface area contributed by atoms with E-state index in [1.54, 1.807) is 55.3 Å². The van der Waals surface area contributed by atoms with Crippen molar-refractivity contribution in [3.63, 3.8) is 0 Å². The molecule has 0 spiro atoms. The molecule has 58 heavy (non-hydrogen) atoms. The molecule has 6 atom stereocenters. The van der Waals surface area contributed by atoms with E-state index in [2.05, 4.69) is 28.5 Å². The van der Waals surface area contributed by atoms with Gasteiger partial charge in [-0.2, -0.15) is 5.01 Å². The number of nitrogens with zero attached hydrogens (tertiary/aromatic N) is 3. The van der Waals surface area contributed by atoms with E-state index >= 15 is 9.59 Å². The Kier molecular flexibility index (Phi) is 9.85. The topological polar surface area (TPSA) is 119 Å². The fourth-order valence-electron chi connectivity index (χ4n) is 10.6. The van der Waals surface area contributed by atoms with Gasteiger partial charge in [-0.1, -0.05) is 89.4 Å². The third-order valence-corrected chi connectivity index (χ3v) is 13.9. The van der Waals surface area contributed by atoms with E-state index in [-0.39, 0.29) is 35.0 Å². The quantitative estimate of drug-likeness (QED) is 0.138. The van der Waals surface area contributed by atoms with E-state index in [1.165, 1.54) is 11.6 Å². The number of aromatic hydroxyl groups is 1. The van der Waals surface area contributed by atoms with Crippen LogP contribution in [-0.4, -0.2) is 69.8 Å². The first-order valence-electron chi connectivity index (χ1n) is 19.9. The van der Waals surface area contributed by atoms with Crippen molar-refractivity contribution in [2.24, 2.45) is 23.7 Å². The van der Waals surface area contributed by atoms with Gasteiger partial charge in [0, 0.05) is 36.6 Å². The summed E-state index contributed by atoms with van der Waals surface area (Å²) in [5, 5.41) is 12.4. The number of imide groups is 2. The zero-order chi connectivity index (χ0) is 40.5. The summed E-state index contributed by atoms with van der Waals surface area (Å²) in [7, 11) is 1.57. The molecular formula is C46H44Cl2N4O6. The number of benzene rings is 4. The van der Waals surface area contributed by atoms with Gasteiger partial charge in [0.05, 0.1) is 41.0 Å². The van der Waals surface area contributed by atoms with E-state index in [0.29, 0.717) is 46.8 Å². The van der Waals surface area contributed by atoms with Crippen LogP contribution in [-0.2, 0) is 31.1 Å². The lowest BCUT2D eigenvalue weighted by Gasteiger charge is -2.50. The molecule has 2 N–H and O–H groups in total. The summed E-state index contributed by atoms with van der Waals surface area (Å²) in [5.74, 6) is -4.00. The van der Waals surface area contributed by atoms with Crippen LogP contribution in [0.4, 0.5) is 5.69 Å². The molecule has 12 heteroatoms. The molecule has 3 saturated heterocycles. The van der Waals surface area contributed by atoms with Crippen LogP contribution in [0.2, 0.25) is 10.0 Å². The Morgan fingerprint density at radius 1 is 0.862 bits per heavy atom. The Morgan fingerprint density at radius 2 is 1.60 bits per heavy atom. The highest BCUT2D eigenvalue weighted by Crippen LogP contribution is 2.64. The number of amides is 4. The summed E-state index contributed by atoms with van der Waals surface area (Å²) in [5.41, 5.74) is 5.90. The molecule has 10 nitrogen and oxygen atoms in total. The molecule has 4 aromatic rings. The van der Waals surface area contributed by atoms with Crippen LogP contribution in [0.25, 0.3) is 0 Å². The molecule has 9 rings (SSSR count). The molecule has 0 radical (unpaired) electrons. The van der Waals surface area contributed by atoms with Crippen molar-refractivity contribution in [2.45, 2.75) is 56.5 Å². The number of hydrazine groups is 1. The number of aryl methyl sites for hydroxylation is 1. The minimum atomic E-state index is -1.48. The summed E-state index contributed by atoms with van der Waals surface area (Å²) < 4.78 is 5.51. The number of nitrogens with one attached hydrogen (secondary N) is 1. The number of ether oxygens (including phenoxy) is 1. The standard InChI is InChI=1S/C46H44Cl2N4O6/c1-26-22-28(8-17-39(26)53)41-33-14-15-34-40(44(56)51(42(34)54)31-18-20-50(21-19-31)25-27-6-4-3-5-7-27)35(33)24-36-43(55)52(49-38-16-11-30(47)23-37(38)48)45(57)46(36,41)29-9-12-32(58-2)13-10-29/h3-14,16-17,22-23,31,34-36,40-41,49,53H,15,18-21,24-25H2,1-2H3. The second kappa shape index (κ2) is 14.9. The number of fused-ring (bicyclic) bond motifs is 4. The lowest BCUT2D eigenvalue weighted by atomic mass is 9.49. The van der Waals surface area contributed by atoms with Gasteiger partial charge in [-0.3, -0.25) is 34.4 Å². The van der Waals surface area contributed by atoms with Crippen molar-refractivity contribution >= 4 is 52.5 Å². The zero-order valence-corrected chi connectivity index (χ0v) is 33.7. The van der Waals surface area contributed by atoms with Crippen molar-refractivity contribution in [1.82, 2.24) is 14.8 Å². The number of carbonyl (C=O) groups excluding carboxylic acids is 4. The van der Waals surface area contributed by atoms with Gasteiger partial charge in [-0.05, 0) is 97.2 Å². The Balaban J connectivity index is 1.12. The molecule has 4 fully saturated rings. The van der Waals surface area contributed by atoms with Gasteiger partial charge in [0.25, 0.3) is 11.8 Å². The number of carbonyl (C=O) groups is 4. The number of hydrogen-bond acceptors (Lipinski definition) is 8. The molecule has 0 bridgehead atoms. The maximum absolute atomic E-state index is 15.5. The monoisotopic (exact) mass is 818 g/mol. The average molecular weight is 820 g/mol. The highest BCUT2D eigenvalue weighted by Gasteiger charge is 2.70. The predicted molar refractivity (Wildman–Crippen MR) is 220 cm³/mol. The molecule has 298 valence electrons. The minimum absolute atomic E-state index is 0.0976. The second-order valence-electron chi connectivity index (χ2n) is 16.3. The number of methoxy groups -OCH3 is 1. The van der Waals surface area contributed by atoms with E-state index in [4.69, 9.17) is 27.9 Å². The fourth-order valence-corrected chi connectivity index (χ4v) is 11.1. The number of phenols is 1. The summed E-state index contributed by atoms with van der Waals surface area (Å²) in [6, 6.07) is 27.3. The largest absolute Gasteiger partial charge is 0.508 e. The predicted octanol–water partition coefficient (Wildman–Crippen LogP) is 7.67. The Morgan fingerprint density at radius 3 is 2.29 bits per heavy atom. The van der Waals surface area contributed by atoms with Gasteiger partial charge in [0.15, 0.2) is 0 Å². The molecule has 5 aliphatic rings. The van der Waals surface area contributed by atoms with Crippen molar-refractivity contribution < 1.29 is 29.0 Å². The van der Waals surface area contributed by atoms with E-state index in [9.17, 15) is 14.7 Å². The summed E-state index contributed by atoms with van der Waals surface area (Å²) in [4.78, 5) is 63.7. The van der Waals surface area contributed by atoms with E-state index in [1.807, 2.05) is 36.4 Å². The van der Waals surface area contributed by atoms with Gasteiger partial charge in [0.2, 0.25) is 11.8 Å². The molecule has 3 heterocycles. The lowest BCUT2D eigenvalue weighted by molar-refractivity contribution is -0.144. The number of hydrogen-bond donors (Lipinski definition) is 2. The number of rotatable bonds is 8. The molecule has 4 amide bonds. The van der Waals surface area contributed by atoms with Gasteiger partial charge in [0.1, 0.15) is 11.5 Å². The molecule has 4 aromatic carbocycles. The van der Waals surface area contributed by atoms with Gasteiger partial charge < -0.3 is 9.84 Å². The first-order valence-corrected chi connectivity index (χ1v) is 20.6. The summed E-state index contributed by atoms with van der Waals surface area (Å²) in [6.07, 6.45) is 3.95. The number of halogens is 2. The lowest BCUT2D eigenvalue weighted by Crippen LogP contribution is -2.53. The van der Waals surface area contributed by atoms with Crippen molar-refractivity contribution in [1.29, 1.82) is 0 Å². The molecule has 0 aromatic heterocycles. The van der Waals surface area contributed by atoms with Gasteiger partial charge in [-0.25, -0.2) is 0 Å². The number of anilines is 1. The average Bonchev–Trinajstić information content (AvgIpc) is 3.61. The number of likely N-dealkylation sites (tertiary alicyclic amines) is 2. The van der Waals surface area contributed by atoms with Crippen LogP contribution in [0.15, 0.2) is 103 Å². The van der Waals surface area contributed by atoms with Gasteiger partial charge >= 0.3 is 0 Å². The van der Waals surface area contributed by atoms with Crippen LogP contribution < -0.4 is 10.2 Å². The smallest absolute Gasteiger partial charge is 0.260 e. The van der Waals surface area contributed by atoms with Crippen molar-refractivity contribution in [3.05, 3.63) is 135 Å². The van der Waals surface area contributed by atoms with Crippen LogP contribution >= 0.6 is 23.2 Å². The summed E-state index contributed by atoms with van der Waals surface area (Å²) in [6.45, 7) is 4.14. The molecule has 1 saturated carbocycles. The van der Waals surface area contributed by atoms with E-state index in [0.717, 1.165) is 35.8 Å². The van der Waals surface area contributed by atoms with Gasteiger partial charge in [-0.15, -0.1) is 0 Å². The number of piperidine rings is 1. The van der Waals surface area contributed by atoms with Crippen molar-refractivity contribution in [2.75, 3.05) is 25.6 Å². The second-order valence-corrected chi connectivity index (χ2v) is 17.1. The number of phenolic OH excluding ortho intramolecular Hbond substituents is 1. The van der Waals surface area contributed by atoms with Crippen LogP contribution in [0.3, 0.4) is 0 Å². The first kappa shape index (κ1) is 38.4. The normalized spacial score (nSPS) is 27.3. The van der Waals surface area contributed by atoms with Crippen LogP contribution in [0.5, 0.6) is 11.5 Å². The highest BCUT2D eigenvalue weighted by atomic mass is 35.5. The molecule has 3 aliphatic heterocycles. The third kappa shape index (κ3) is 6.10. The molecular weight excluding hydrogens is 775 g/mol. The first-order chi connectivity index (χ1) is 28.0. The number of allylic oxidation sites excluding steroid dienone is 2. The minimum Gasteiger partial charge on any atom is -0.508 e. The van der Waals surface area contributed by atoms with Crippen molar-refractivity contribution in [3.8, 4) is 11.5 Å².